The van der Waals surface area contributed by atoms with Gasteiger partial charge in [0, 0.05) is 13.1 Å². The number of hydrogen-bond donors (Lipinski definition) is 2. The lowest BCUT2D eigenvalue weighted by atomic mass is 10.4. The van der Waals surface area contributed by atoms with E-state index in [0.29, 0.717) is 0 Å². The van der Waals surface area contributed by atoms with Crippen molar-refractivity contribution in [1.29, 1.82) is 0 Å². The molecule has 0 radical (unpaired) electrons. The number of rotatable bonds is 1. The largest absolute Gasteiger partial charge is 0.408 e. The van der Waals surface area contributed by atoms with E-state index in [-0.39, 0.29) is 12.0 Å². The number of nitrogens with zero attached hydrogens (tertiary/aromatic N) is 2. The number of nitrogens with two attached hydrogens (primary N) is 1. The minimum absolute atomic E-state index is 0.144. The summed E-state index contributed by atoms with van der Waals surface area (Å²) in [5.74, 6) is 0.144. The number of guanidine groups is 1. The zero-order valence-corrected chi connectivity index (χ0v) is 6.00. The average Bonchev–Trinajstić information content (AvgIpc) is 1.84. The van der Waals surface area contributed by atoms with Crippen LogP contribution in [0.1, 0.15) is 13.8 Å². The molecule has 4 nitrogen and oxygen atoms in total. The van der Waals surface area contributed by atoms with Gasteiger partial charge in [0.25, 0.3) is 0 Å². The average molecular weight is 131 g/mol. The summed E-state index contributed by atoms with van der Waals surface area (Å²) in [6.07, 6.45) is 0. The zero-order valence-electron chi connectivity index (χ0n) is 6.00. The molecule has 0 aromatic carbocycles. The standard InChI is InChI=1S/C5H13N3O/c1-4(2)8(3)5(6)7-9/h4,9H,1-3H3,(H2,6,7). The van der Waals surface area contributed by atoms with Crippen LogP contribution in [0.4, 0.5) is 0 Å². The van der Waals surface area contributed by atoms with E-state index in [2.05, 4.69) is 5.16 Å². The van der Waals surface area contributed by atoms with Crippen LogP contribution in [-0.2, 0) is 0 Å². The third-order valence-electron chi connectivity index (χ3n) is 1.24. The molecule has 54 valence electrons. The van der Waals surface area contributed by atoms with Gasteiger partial charge < -0.3 is 15.8 Å². The summed E-state index contributed by atoms with van der Waals surface area (Å²) in [6, 6.07) is 0.265. The Hall–Kier alpha value is -0.930. The maximum absolute atomic E-state index is 8.18. The molecule has 0 unspecified atom stereocenters. The van der Waals surface area contributed by atoms with Crippen LogP contribution in [0.15, 0.2) is 5.16 Å². The summed E-state index contributed by atoms with van der Waals surface area (Å²) in [5, 5.41) is 11.0. The van der Waals surface area contributed by atoms with Gasteiger partial charge in [0.15, 0.2) is 0 Å². The Balaban J connectivity index is 3.88. The summed E-state index contributed by atoms with van der Waals surface area (Å²) < 4.78 is 0. The lowest BCUT2D eigenvalue weighted by Gasteiger charge is -2.20. The predicted octanol–water partition coefficient (Wildman–Crippen LogP) is 0.0305. The van der Waals surface area contributed by atoms with Crippen LogP contribution in [0.5, 0.6) is 0 Å². The Labute approximate surface area is 54.9 Å². The van der Waals surface area contributed by atoms with Crippen LogP contribution in [0.2, 0.25) is 0 Å². The molecule has 0 spiro atoms. The molecule has 0 atom stereocenters. The van der Waals surface area contributed by atoms with Gasteiger partial charge in [0.2, 0.25) is 5.96 Å². The van der Waals surface area contributed by atoms with Crippen molar-refractivity contribution in [3.63, 3.8) is 0 Å². The quantitative estimate of drug-likeness (QED) is 0.228. The van der Waals surface area contributed by atoms with Crippen molar-refractivity contribution in [1.82, 2.24) is 4.90 Å². The van der Waals surface area contributed by atoms with E-state index >= 15 is 0 Å². The second-order valence-electron chi connectivity index (χ2n) is 2.16. The maximum atomic E-state index is 8.18. The summed E-state index contributed by atoms with van der Waals surface area (Å²) in [6.45, 7) is 3.91. The summed E-state index contributed by atoms with van der Waals surface area (Å²) in [4.78, 5) is 1.67. The second kappa shape index (κ2) is 3.17. The predicted molar refractivity (Wildman–Crippen MR) is 36.3 cm³/mol. The monoisotopic (exact) mass is 131 g/mol. The smallest absolute Gasteiger partial charge is 0.233 e. The van der Waals surface area contributed by atoms with Crippen molar-refractivity contribution in [2.75, 3.05) is 7.05 Å². The molecule has 0 aromatic rings. The SMILES string of the molecule is CC(C)N(C)/C(N)=N/O. The molecule has 0 aliphatic rings. The van der Waals surface area contributed by atoms with Gasteiger partial charge in [0.05, 0.1) is 0 Å². The van der Waals surface area contributed by atoms with Crippen LogP contribution in [0.3, 0.4) is 0 Å². The Morgan fingerprint density at radius 2 is 2.11 bits per heavy atom. The molecule has 0 rings (SSSR count). The van der Waals surface area contributed by atoms with Crippen LogP contribution in [0.25, 0.3) is 0 Å². The molecule has 0 aliphatic heterocycles. The minimum atomic E-state index is 0.144. The molecule has 0 fully saturated rings. The van der Waals surface area contributed by atoms with E-state index in [1.54, 1.807) is 11.9 Å². The van der Waals surface area contributed by atoms with Crippen molar-refractivity contribution in [3.05, 3.63) is 0 Å². The van der Waals surface area contributed by atoms with Crippen molar-refractivity contribution < 1.29 is 5.21 Å². The van der Waals surface area contributed by atoms with Crippen molar-refractivity contribution in [2.45, 2.75) is 19.9 Å². The van der Waals surface area contributed by atoms with Crippen LogP contribution < -0.4 is 5.73 Å². The highest BCUT2D eigenvalue weighted by Crippen LogP contribution is 1.90. The number of oxime groups is 1. The first kappa shape index (κ1) is 8.07. The fourth-order valence-electron chi connectivity index (χ4n) is 0.335. The molecule has 0 saturated carbocycles. The van der Waals surface area contributed by atoms with Gasteiger partial charge in [-0.05, 0) is 13.8 Å². The Bertz CT molecular complexity index is 111. The molecule has 9 heavy (non-hydrogen) atoms. The first-order chi connectivity index (χ1) is 4.09. The van der Waals surface area contributed by atoms with Crippen molar-refractivity contribution in [2.24, 2.45) is 10.9 Å². The van der Waals surface area contributed by atoms with Gasteiger partial charge in [-0.3, -0.25) is 0 Å². The molecule has 3 N–H and O–H groups in total. The highest BCUT2D eigenvalue weighted by Gasteiger charge is 2.04. The lowest BCUT2D eigenvalue weighted by Crippen LogP contribution is -2.38. The molecule has 0 bridgehead atoms. The van der Waals surface area contributed by atoms with Gasteiger partial charge in [-0.15, -0.1) is 0 Å². The second-order valence-corrected chi connectivity index (χ2v) is 2.16. The van der Waals surface area contributed by atoms with Crippen LogP contribution >= 0.6 is 0 Å². The van der Waals surface area contributed by atoms with Crippen LogP contribution in [0, 0.1) is 0 Å². The van der Waals surface area contributed by atoms with Gasteiger partial charge >= 0.3 is 0 Å². The van der Waals surface area contributed by atoms with E-state index in [1.165, 1.54) is 0 Å². The minimum Gasteiger partial charge on any atom is -0.408 e. The molecular weight excluding hydrogens is 118 g/mol. The topological polar surface area (TPSA) is 61.8 Å². The van der Waals surface area contributed by atoms with Gasteiger partial charge in [0.1, 0.15) is 0 Å². The molecule has 0 aromatic heterocycles. The highest BCUT2D eigenvalue weighted by molar-refractivity contribution is 5.77. The summed E-state index contributed by atoms with van der Waals surface area (Å²) in [5.41, 5.74) is 5.24. The molecule has 0 aliphatic carbocycles. The Morgan fingerprint density at radius 3 is 2.22 bits per heavy atom. The molecule has 4 heteroatoms. The third kappa shape index (κ3) is 2.21. The first-order valence-electron chi connectivity index (χ1n) is 2.80. The lowest BCUT2D eigenvalue weighted by molar-refractivity contribution is 0.297. The van der Waals surface area contributed by atoms with Crippen molar-refractivity contribution in [3.8, 4) is 0 Å². The van der Waals surface area contributed by atoms with Gasteiger partial charge in [-0.25, -0.2) is 0 Å². The fourth-order valence-corrected chi connectivity index (χ4v) is 0.335. The highest BCUT2D eigenvalue weighted by atomic mass is 16.4. The number of hydrogen-bond acceptors (Lipinski definition) is 2. The van der Waals surface area contributed by atoms with E-state index in [0.717, 1.165) is 0 Å². The normalized spacial score (nSPS) is 12.2. The van der Waals surface area contributed by atoms with Crippen LogP contribution in [-0.4, -0.2) is 29.2 Å². The molecular formula is C5H13N3O. The van der Waals surface area contributed by atoms with Crippen molar-refractivity contribution >= 4 is 5.96 Å². The van der Waals surface area contributed by atoms with E-state index in [1.807, 2.05) is 13.8 Å². The maximum Gasteiger partial charge on any atom is 0.233 e. The van der Waals surface area contributed by atoms with E-state index in [4.69, 9.17) is 10.9 Å². The first-order valence-corrected chi connectivity index (χ1v) is 2.80. The molecule has 0 saturated heterocycles. The fraction of sp³-hybridized carbons (Fsp3) is 0.800. The zero-order chi connectivity index (χ0) is 7.44. The van der Waals surface area contributed by atoms with Gasteiger partial charge in [-0.1, -0.05) is 5.16 Å². The summed E-state index contributed by atoms with van der Waals surface area (Å²) >= 11 is 0. The molecule has 0 heterocycles. The summed E-state index contributed by atoms with van der Waals surface area (Å²) in [7, 11) is 1.76. The Kier molecular flexibility index (Phi) is 2.84. The van der Waals surface area contributed by atoms with Gasteiger partial charge in [-0.2, -0.15) is 0 Å². The molecule has 0 amide bonds. The van der Waals surface area contributed by atoms with E-state index < -0.39 is 0 Å². The van der Waals surface area contributed by atoms with E-state index in [9.17, 15) is 0 Å². The Morgan fingerprint density at radius 1 is 1.67 bits per heavy atom. The third-order valence-corrected chi connectivity index (χ3v) is 1.24.